The number of halogens is 1. The quantitative estimate of drug-likeness (QED) is 0.678. The predicted octanol–water partition coefficient (Wildman–Crippen LogP) is 1.83. The number of amides is 1. The van der Waals surface area contributed by atoms with Crippen LogP contribution in [-0.4, -0.2) is 18.2 Å². The van der Waals surface area contributed by atoms with Gasteiger partial charge in [-0.2, -0.15) is 0 Å². The second kappa shape index (κ2) is 4.04. The smallest absolute Gasteiger partial charge is 0.234 e. The van der Waals surface area contributed by atoms with Crippen molar-refractivity contribution in [2.75, 3.05) is 11.4 Å². The van der Waals surface area contributed by atoms with Crippen LogP contribution in [0.1, 0.15) is 18.4 Å². The van der Waals surface area contributed by atoms with Gasteiger partial charge in [0, 0.05) is 13.0 Å². The third-order valence-electron chi connectivity index (χ3n) is 2.72. The summed E-state index contributed by atoms with van der Waals surface area (Å²) in [6.45, 7) is 2.03. The van der Waals surface area contributed by atoms with Crippen LogP contribution in [0.5, 0.6) is 0 Å². The summed E-state index contributed by atoms with van der Waals surface area (Å²) in [4.78, 5) is 24.1. The molecule has 1 aliphatic heterocycles. The Balaban J connectivity index is 2.37. The average molecular weight is 221 g/mol. The maximum Gasteiger partial charge on any atom is 0.234 e. The Morgan fingerprint density at radius 3 is 2.69 bits per heavy atom. The number of carbonyl (C=O) groups excluding carboxylic acids is 2. The molecule has 0 unspecified atom stereocenters. The molecule has 1 aliphatic rings. The highest BCUT2D eigenvalue weighted by atomic mass is 19.1. The van der Waals surface area contributed by atoms with Gasteiger partial charge in [0.05, 0.1) is 12.1 Å². The molecule has 16 heavy (non-hydrogen) atoms. The van der Waals surface area contributed by atoms with Crippen molar-refractivity contribution in [2.45, 2.75) is 19.8 Å². The van der Waals surface area contributed by atoms with Gasteiger partial charge in [-0.05, 0) is 18.6 Å². The zero-order chi connectivity index (χ0) is 11.7. The molecule has 1 aromatic rings. The highest BCUT2D eigenvalue weighted by Gasteiger charge is 2.27. The number of hydrogen-bond acceptors (Lipinski definition) is 2. The van der Waals surface area contributed by atoms with Crippen LogP contribution < -0.4 is 4.90 Å². The number of anilines is 1. The SMILES string of the molecule is Cc1cccc(F)c1N1CCC(=O)CC1=O. The Kier molecular flexibility index (Phi) is 2.73. The summed E-state index contributed by atoms with van der Waals surface area (Å²) in [5, 5.41) is 0. The monoisotopic (exact) mass is 221 g/mol. The summed E-state index contributed by atoms with van der Waals surface area (Å²) < 4.78 is 13.6. The van der Waals surface area contributed by atoms with Crippen molar-refractivity contribution >= 4 is 17.4 Å². The molecule has 0 aliphatic carbocycles. The van der Waals surface area contributed by atoms with Crippen LogP contribution >= 0.6 is 0 Å². The molecule has 3 nitrogen and oxygen atoms in total. The highest BCUT2D eigenvalue weighted by Crippen LogP contribution is 2.26. The lowest BCUT2D eigenvalue weighted by molar-refractivity contribution is -0.128. The molecule has 1 aromatic carbocycles. The van der Waals surface area contributed by atoms with E-state index < -0.39 is 5.82 Å². The van der Waals surface area contributed by atoms with Gasteiger partial charge in [-0.25, -0.2) is 4.39 Å². The van der Waals surface area contributed by atoms with Gasteiger partial charge in [0.25, 0.3) is 0 Å². The largest absolute Gasteiger partial charge is 0.309 e. The van der Waals surface area contributed by atoms with E-state index >= 15 is 0 Å². The lowest BCUT2D eigenvalue weighted by atomic mass is 10.1. The normalized spacial score (nSPS) is 16.8. The maximum absolute atomic E-state index is 13.6. The Morgan fingerprint density at radius 2 is 2.06 bits per heavy atom. The molecule has 2 rings (SSSR count). The second-order valence-electron chi connectivity index (χ2n) is 3.92. The fourth-order valence-corrected chi connectivity index (χ4v) is 1.92. The summed E-state index contributed by atoms with van der Waals surface area (Å²) in [6, 6.07) is 4.68. The first kappa shape index (κ1) is 10.8. The van der Waals surface area contributed by atoms with Crippen molar-refractivity contribution in [1.29, 1.82) is 0 Å². The van der Waals surface area contributed by atoms with Crippen molar-refractivity contribution in [3.63, 3.8) is 0 Å². The number of carbonyl (C=O) groups is 2. The minimum Gasteiger partial charge on any atom is -0.309 e. The van der Waals surface area contributed by atoms with E-state index in [0.717, 1.165) is 0 Å². The molecular formula is C12H12FNO2. The van der Waals surface area contributed by atoms with Crippen molar-refractivity contribution in [3.8, 4) is 0 Å². The van der Waals surface area contributed by atoms with Crippen LogP contribution in [0.4, 0.5) is 10.1 Å². The molecule has 0 bridgehead atoms. The minimum absolute atomic E-state index is 0.0738. The molecule has 1 amide bonds. The standard InChI is InChI=1S/C12H12FNO2/c1-8-3-2-4-10(13)12(8)14-6-5-9(15)7-11(14)16/h2-4H,5-7H2,1H3. The topological polar surface area (TPSA) is 37.4 Å². The fourth-order valence-electron chi connectivity index (χ4n) is 1.92. The Labute approximate surface area is 92.9 Å². The molecule has 0 radical (unpaired) electrons. The van der Waals surface area contributed by atoms with Gasteiger partial charge in [-0.3, -0.25) is 9.59 Å². The first-order chi connectivity index (χ1) is 7.59. The van der Waals surface area contributed by atoms with Crippen LogP contribution in [-0.2, 0) is 9.59 Å². The van der Waals surface area contributed by atoms with Crippen molar-refractivity contribution in [2.24, 2.45) is 0 Å². The van der Waals surface area contributed by atoms with Gasteiger partial charge in [-0.1, -0.05) is 12.1 Å². The van der Waals surface area contributed by atoms with Crippen molar-refractivity contribution < 1.29 is 14.0 Å². The fraction of sp³-hybridized carbons (Fsp3) is 0.333. The Hall–Kier alpha value is -1.71. The summed E-state index contributed by atoms with van der Waals surface area (Å²) in [6.07, 6.45) is 0.188. The molecular weight excluding hydrogens is 209 g/mol. The van der Waals surface area contributed by atoms with Crippen LogP contribution in [0.3, 0.4) is 0 Å². The van der Waals surface area contributed by atoms with E-state index in [1.54, 1.807) is 19.1 Å². The van der Waals surface area contributed by atoms with Gasteiger partial charge in [0.15, 0.2) is 0 Å². The maximum atomic E-state index is 13.6. The van der Waals surface area contributed by atoms with Gasteiger partial charge >= 0.3 is 0 Å². The summed E-state index contributed by atoms with van der Waals surface area (Å²) in [5.74, 6) is -0.803. The number of piperidine rings is 1. The molecule has 1 heterocycles. The molecule has 4 heteroatoms. The summed E-state index contributed by atoms with van der Waals surface area (Å²) >= 11 is 0. The second-order valence-corrected chi connectivity index (χ2v) is 3.92. The van der Waals surface area contributed by atoms with E-state index in [2.05, 4.69) is 0 Å². The number of Topliss-reactive ketones (excluding diaryl/α,β-unsaturated/α-hetero) is 1. The number of aryl methyl sites for hydroxylation is 1. The van der Waals surface area contributed by atoms with Crippen molar-refractivity contribution in [1.82, 2.24) is 0 Å². The third kappa shape index (κ3) is 1.83. The predicted molar refractivity (Wildman–Crippen MR) is 57.7 cm³/mol. The van der Waals surface area contributed by atoms with E-state index in [9.17, 15) is 14.0 Å². The molecule has 1 fully saturated rings. The van der Waals surface area contributed by atoms with E-state index in [4.69, 9.17) is 0 Å². The zero-order valence-corrected chi connectivity index (χ0v) is 9.00. The van der Waals surface area contributed by atoms with Crippen LogP contribution in [0.25, 0.3) is 0 Å². The number of benzene rings is 1. The van der Waals surface area contributed by atoms with E-state index in [1.165, 1.54) is 11.0 Å². The number of para-hydroxylation sites is 1. The lowest BCUT2D eigenvalue weighted by Gasteiger charge is -2.27. The Morgan fingerprint density at radius 1 is 1.31 bits per heavy atom. The van der Waals surface area contributed by atoms with E-state index in [-0.39, 0.29) is 24.7 Å². The number of nitrogens with zero attached hydrogens (tertiary/aromatic N) is 1. The average Bonchev–Trinajstić information content (AvgIpc) is 2.20. The van der Waals surface area contributed by atoms with Gasteiger partial charge in [0.1, 0.15) is 11.6 Å². The van der Waals surface area contributed by atoms with Crippen LogP contribution in [0.15, 0.2) is 18.2 Å². The molecule has 0 saturated carbocycles. The Bertz CT molecular complexity index is 436. The lowest BCUT2D eigenvalue weighted by Crippen LogP contribution is -2.39. The summed E-state index contributed by atoms with van der Waals surface area (Å²) in [5.41, 5.74) is 1.02. The summed E-state index contributed by atoms with van der Waals surface area (Å²) in [7, 11) is 0. The molecule has 0 aromatic heterocycles. The number of hydrogen-bond donors (Lipinski definition) is 0. The molecule has 84 valence electrons. The van der Waals surface area contributed by atoms with Crippen LogP contribution in [0, 0.1) is 12.7 Å². The molecule has 0 N–H and O–H groups in total. The molecule has 0 spiro atoms. The zero-order valence-electron chi connectivity index (χ0n) is 9.00. The molecule has 0 atom stereocenters. The highest BCUT2D eigenvalue weighted by molar-refractivity contribution is 6.08. The van der Waals surface area contributed by atoms with Gasteiger partial charge in [-0.15, -0.1) is 0 Å². The van der Waals surface area contributed by atoms with Crippen molar-refractivity contribution in [3.05, 3.63) is 29.6 Å². The first-order valence-electron chi connectivity index (χ1n) is 5.17. The van der Waals surface area contributed by atoms with E-state index in [1.807, 2.05) is 0 Å². The third-order valence-corrected chi connectivity index (χ3v) is 2.72. The number of rotatable bonds is 1. The van der Waals surface area contributed by atoms with Gasteiger partial charge in [0.2, 0.25) is 5.91 Å². The minimum atomic E-state index is -0.414. The first-order valence-corrected chi connectivity index (χ1v) is 5.17. The van der Waals surface area contributed by atoms with Gasteiger partial charge < -0.3 is 4.90 Å². The molecule has 1 saturated heterocycles. The van der Waals surface area contributed by atoms with E-state index in [0.29, 0.717) is 17.7 Å². The number of ketones is 1. The van der Waals surface area contributed by atoms with Crippen LogP contribution in [0.2, 0.25) is 0 Å².